The van der Waals surface area contributed by atoms with Crippen molar-refractivity contribution in [3.8, 4) is 39.4 Å². The van der Waals surface area contributed by atoms with Gasteiger partial charge in [0, 0.05) is 59.4 Å². The van der Waals surface area contributed by atoms with Crippen molar-refractivity contribution in [1.29, 1.82) is 0 Å². The molecule has 78 heavy (non-hydrogen) atoms. The highest BCUT2D eigenvalue weighted by Crippen LogP contribution is 2.42. The van der Waals surface area contributed by atoms with E-state index in [9.17, 15) is 24.0 Å². The Morgan fingerprint density at radius 2 is 1.40 bits per heavy atom. The quantitative estimate of drug-likeness (QED) is 0.0325. The van der Waals surface area contributed by atoms with Crippen LogP contribution in [0, 0.1) is 13.8 Å². The second-order valence-corrected chi connectivity index (χ2v) is 19.4. The Hall–Kier alpha value is -7.96. The summed E-state index contributed by atoms with van der Waals surface area (Å²) >= 11 is 0. The Balaban J connectivity index is 0.662. The van der Waals surface area contributed by atoms with Crippen LogP contribution in [0.2, 0.25) is 0 Å². The monoisotopic (exact) mass is 1060 g/mol. The number of benzene rings is 3. The Labute approximate surface area is 454 Å². The van der Waals surface area contributed by atoms with E-state index in [-0.39, 0.29) is 49.3 Å². The van der Waals surface area contributed by atoms with Gasteiger partial charge in [-0.3, -0.25) is 44.2 Å². The Morgan fingerprint density at radius 3 is 2.12 bits per heavy atom. The second kappa shape index (κ2) is 26.4. The van der Waals surface area contributed by atoms with Crippen molar-refractivity contribution in [3.63, 3.8) is 0 Å². The smallest absolute Gasteiger partial charge is 0.264 e. The molecule has 6 aromatic rings. The van der Waals surface area contributed by atoms with E-state index in [2.05, 4.69) is 90.3 Å². The van der Waals surface area contributed by atoms with Crippen molar-refractivity contribution in [1.82, 2.24) is 25.2 Å². The minimum Gasteiger partial charge on any atom is -0.493 e. The van der Waals surface area contributed by atoms with Gasteiger partial charge in [-0.15, -0.1) is 0 Å². The Kier molecular flexibility index (Phi) is 18.6. The topological polar surface area (TPSA) is 210 Å². The Bertz CT molecular complexity index is 3180. The molecule has 17 nitrogen and oxygen atoms in total. The normalized spacial score (nSPS) is 15.2. The fourth-order valence-corrected chi connectivity index (χ4v) is 9.54. The number of anilines is 2. The number of carbonyl (C=O) groups is 5. The lowest BCUT2D eigenvalue weighted by atomic mass is 9.97. The average Bonchev–Trinajstić information content (AvgIpc) is 4.30. The van der Waals surface area contributed by atoms with E-state index in [1.54, 1.807) is 6.07 Å². The summed E-state index contributed by atoms with van der Waals surface area (Å²) in [6, 6.07) is 26.6. The number of rotatable bonds is 27. The fraction of sp³-hybridized carbons (Fsp3) is 0.344. The van der Waals surface area contributed by atoms with E-state index in [1.807, 2.05) is 48.9 Å². The molecule has 3 aliphatic rings. The van der Waals surface area contributed by atoms with Gasteiger partial charge in [-0.25, -0.2) is 4.98 Å². The molecule has 1 saturated heterocycles. The van der Waals surface area contributed by atoms with Crippen molar-refractivity contribution in [2.45, 2.75) is 71.3 Å². The van der Waals surface area contributed by atoms with Crippen molar-refractivity contribution in [2.24, 2.45) is 0 Å². The number of para-hydroxylation sites is 1. The van der Waals surface area contributed by atoms with Gasteiger partial charge < -0.3 is 34.3 Å². The number of pyridine rings is 3. The number of piperidine rings is 1. The number of hydrogen-bond acceptors (Lipinski definition) is 14. The molecule has 3 N–H and O–H groups in total. The summed E-state index contributed by atoms with van der Waals surface area (Å²) in [5.74, 6) is -0.653. The first kappa shape index (κ1) is 54.8. The molecule has 5 heterocycles. The van der Waals surface area contributed by atoms with E-state index < -0.39 is 35.6 Å². The van der Waals surface area contributed by atoms with Gasteiger partial charge in [0.15, 0.2) is 0 Å². The van der Waals surface area contributed by atoms with Crippen LogP contribution in [0.15, 0.2) is 104 Å². The number of nitrogens with zero attached hydrogens (tertiary/aromatic N) is 4. The van der Waals surface area contributed by atoms with Gasteiger partial charge in [0.25, 0.3) is 11.8 Å². The maximum Gasteiger partial charge on any atom is 0.264 e. The number of nitrogens with one attached hydrogen (secondary N) is 3. The van der Waals surface area contributed by atoms with Crippen LogP contribution < -0.4 is 20.7 Å². The number of fused-ring (bicyclic) bond motifs is 1. The molecule has 3 aromatic heterocycles. The number of aryl methyl sites for hydroxylation is 2. The van der Waals surface area contributed by atoms with Gasteiger partial charge in [-0.1, -0.05) is 61.5 Å². The van der Waals surface area contributed by atoms with Gasteiger partial charge in [0.2, 0.25) is 17.7 Å². The molecular formula is C61H65N7O10. The highest BCUT2D eigenvalue weighted by Gasteiger charge is 2.45. The highest BCUT2D eigenvalue weighted by atomic mass is 16.6. The van der Waals surface area contributed by atoms with E-state index >= 15 is 0 Å². The molecule has 1 atom stereocenters. The summed E-state index contributed by atoms with van der Waals surface area (Å²) in [5, 5.41) is 8.15. The van der Waals surface area contributed by atoms with Crippen molar-refractivity contribution < 1.29 is 47.7 Å². The maximum atomic E-state index is 13.3. The average molecular weight is 1060 g/mol. The maximum absolute atomic E-state index is 13.3. The number of aromatic nitrogens is 3. The van der Waals surface area contributed by atoms with E-state index in [1.165, 1.54) is 36.1 Å². The zero-order chi connectivity index (χ0) is 54.4. The SMILES string of the molecule is CCCOc1ccccc1-c1cnc(-c2cnc(-c3ccc(NCCOCCOCCOCCOCCC(=O)Nc4cccc5c4C(=O)N(C4CCC(=O)NC4=O)C5=O)nc3)c(C)c2)c(/C=C/c2ccc(C3CC3)c(C)c2)c1. The summed E-state index contributed by atoms with van der Waals surface area (Å²) in [5.41, 5.74) is 11.7. The first-order valence-electron chi connectivity index (χ1n) is 26.7. The predicted molar refractivity (Wildman–Crippen MR) is 297 cm³/mol. The number of carbonyl (C=O) groups excluding carboxylic acids is 5. The second-order valence-electron chi connectivity index (χ2n) is 19.4. The molecule has 1 saturated carbocycles. The fourth-order valence-electron chi connectivity index (χ4n) is 9.54. The van der Waals surface area contributed by atoms with E-state index in [0.717, 1.165) is 73.2 Å². The van der Waals surface area contributed by atoms with Gasteiger partial charge in [-0.2, -0.15) is 0 Å². The highest BCUT2D eigenvalue weighted by molar-refractivity contribution is 6.26. The molecule has 404 valence electrons. The van der Waals surface area contributed by atoms with E-state index in [0.29, 0.717) is 58.7 Å². The Morgan fingerprint density at radius 1 is 0.679 bits per heavy atom. The first-order valence-corrected chi connectivity index (χ1v) is 26.7. The standard InChI is InChI=1S/C61H65N7O10/c1-4-24-78-52-11-6-5-8-48(52)45-35-43(14-12-41-13-18-47(39(2)33-41)42-15-16-42)58(65-37-45)46-34-40(3)57(64-38-46)44-17-20-53(63-36-44)62-23-26-75-28-30-77-32-31-76-29-27-74-25-22-55(70)66-50-10-7-9-49-56(50)61(73)68(60(49)72)51-19-21-54(69)67-59(51)71/h5-14,17-18,20,33-38,42,51H,4,15-16,19,21-32H2,1-3H3,(H,62,63)(H,66,70)(H,67,69,71)/b14-12+. The van der Waals surface area contributed by atoms with Crippen LogP contribution in [0.1, 0.15) is 99.9 Å². The number of amides is 5. The van der Waals surface area contributed by atoms with Crippen LogP contribution in [0.5, 0.6) is 5.75 Å². The summed E-state index contributed by atoms with van der Waals surface area (Å²) in [7, 11) is 0. The molecule has 3 aromatic carbocycles. The van der Waals surface area contributed by atoms with Gasteiger partial charge in [0.1, 0.15) is 17.6 Å². The third kappa shape index (κ3) is 13.8. The van der Waals surface area contributed by atoms with Crippen LogP contribution >= 0.6 is 0 Å². The molecule has 1 aliphatic carbocycles. The largest absolute Gasteiger partial charge is 0.493 e. The van der Waals surface area contributed by atoms with Crippen LogP contribution in [-0.4, -0.2) is 121 Å². The van der Waals surface area contributed by atoms with Crippen LogP contribution in [0.3, 0.4) is 0 Å². The molecule has 0 bridgehead atoms. The third-order valence-corrected chi connectivity index (χ3v) is 13.6. The lowest BCUT2D eigenvalue weighted by Gasteiger charge is -2.27. The van der Waals surface area contributed by atoms with E-state index in [4.69, 9.17) is 33.7 Å². The predicted octanol–water partition coefficient (Wildman–Crippen LogP) is 9.23. The number of hydrogen-bond donors (Lipinski definition) is 3. The molecule has 17 heteroatoms. The first-order chi connectivity index (χ1) is 38.1. The number of imide groups is 2. The minimum atomic E-state index is -1.10. The van der Waals surface area contributed by atoms with Gasteiger partial charge in [-0.05, 0) is 110 Å². The lowest BCUT2D eigenvalue weighted by Crippen LogP contribution is -2.54. The minimum absolute atomic E-state index is 0.00375. The zero-order valence-corrected chi connectivity index (χ0v) is 44.3. The summed E-state index contributed by atoms with van der Waals surface area (Å²) in [6.45, 7) is 10.3. The molecule has 0 spiro atoms. The van der Waals surface area contributed by atoms with Gasteiger partial charge in [0.05, 0.1) is 94.1 Å². The van der Waals surface area contributed by atoms with Crippen molar-refractivity contribution >= 4 is 53.2 Å². The lowest BCUT2D eigenvalue weighted by molar-refractivity contribution is -0.136. The molecule has 1 unspecified atom stereocenters. The van der Waals surface area contributed by atoms with Crippen molar-refractivity contribution in [3.05, 3.63) is 142 Å². The van der Waals surface area contributed by atoms with Crippen LogP contribution in [0.4, 0.5) is 11.5 Å². The summed E-state index contributed by atoms with van der Waals surface area (Å²) in [6.07, 6.45) is 13.5. The van der Waals surface area contributed by atoms with Crippen molar-refractivity contribution in [2.75, 3.05) is 76.6 Å². The summed E-state index contributed by atoms with van der Waals surface area (Å²) < 4.78 is 28.6. The molecule has 2 aliphatic heterocycles. The van der Waals surface area contributed by atoms with Crippen LogP contribution in [0.25, 0.3) is 45.8 Å². The van der Waals surface area contributed by atoms with Crippen LogP contribution in [-0.2, 0) is 33.3 Å². The molecular weight excluding hydrogens is 991 g/mol. The molecule has 9 rings (SSSR count). The summed E-state index contributed by atoms with van der Waals surface area (Å²) in [4.78, 5) is 78.5. The zero-order valence-electron chi connectivity index (χ0n) is 44.3. The van der Waals surface area contributed by atoms with Gasteiger partial charge >= 0.3 is 0 Å². The molecule has 0 radical (unpaired) electrons. The molecule has 2 fully saturated rings. The third-order valence-electron chi connectivity index (χ3n) is 13.6. The number of ether oxygens (including phenoxy) is 5. The molecule has 5 amide bonds.